The second kappa shape index (κ2) is 8.79. The van der Waals surface area contributed by atoms with Crippen molar-refractivity contribution >= 4 is 50.5 Å². The standard InChI is InChI=1S/C17H19Cl2N3O4S/c1-22(2)27(24,25)16-9-12(5-7-15(16)26-3)21-17(23)10-20-14-8-11(18)4-6-13(14)19/h4-9,20H,10H2,1-3H3,(H,21,23). The summed E-state index contributed by atoms with van der Waals surface area (Å²) in [7, 11) is 0.472. The highest BCUT2D eigenvalue weighted by atomic mass is 35.5. The number of rotatable bonds is 7. The molecule has 0 spiro atoms. The Bertz CT molecular complexity index is 949. The summed E-state index contributed by atoms with van der Waals surface area (Å²) in [5.41, 5.74) is 0.838. The number of nitrogens with zero attached hydrogens (tertiary/aromatic N) is 1. The number of amides is 1. The molecular weight excluding hydrogens is 413 g/mol. The molecule has 0 saturated heterocycles. The van der Waals surface area contributed by atoms with Gasteiger partial charge < -0.3 is 15.4 Å². The molecule has 0 aliphatic rings. The van der Waals surface area contributed by atoms with Crippen molar-refractivity contribution in [2.24, 2.45) is 0 Å². The first-order valence-corrected chi connectivity index (χ1v) is 9.94. The highest BCUT2D eigenvalue weighted by Gasteiger charge is 2.23. The summed E-state index contributed by atoms with van der Waals surface area (Å²) < 4.78 is 31.0. The number of sulfonamides is 1. The van der Waals surface area contributed by atoms with Crippen molar-refractivity contribution in [3.05, 3.63) is 46.4 Å². The summed E-state index contributed by atoms with van der Waals surface area (Å²) >= 11 is 11.9. The first-order valence-electron chi connectivity index (χ1n) is 7.74. The van der Waals surface area contributed by atoms with E-state index < -0.39 is 10.0 Å². The van der Waals surface area contributed by atoms with Crippen LogP contribution in [0.4, 0.5) is 11.4 Å². The van der Waals surface area contributed by atoms with E-state index in [1.807, 2.05) is 0 Å². The number of carbonyl (C=O) groups excluding carboxylic acids is 1. The van der Waals surface area contributed by atoms with E-state index in [9.17, 15) is 13.2 Å². The van der Waals surface area contributed by atoms with Crippen molar-refractivity contribution in [2.45, 2.75) is 4.90 Å². The lowest BCUT2D eigenvalue weighted by Crippen LogP contribution is -2.24. The number of ether oxygens (including phenoxy) is 1. The van der Waals surface area contributed by atoms with Crippen molar-refractivity contribution in [3.63, 3.8) is 0 Å². The molecule has 0 fully saturated rings. The Morgan fingerprint density at radius 1 is 1.15 bits per heavy atom. The number of benzene rings is 2. The number of hydrogen-bond acceptors (Lipinski definition) is 5. The lowest BCUT2D eigenvalue weighted by molar-refractivity contribution is -0.114. The van der Waals surface area contributed by atoms with Crippen LogP contribution in [0.25, 0.3) is 0 Å². The zero-order chi connectivity index (χ0) is 20.2. The minimum Gasteiger partial charge on any atom is -0.495 e. The minimum absolute atomic E-state index is 0.0429. The third-order valence-corrected chi connectivity index (χ3v) is 5.97. The molecule has 2 N–H and O–H groups in total. The van der Waals surface area contributed by atoms with Gasteiger partial charge in [-0.15, -0.1) is 0 Å². The van der Waals surface area contributed by atoms with Crippen LogP contribution in [0.2, 0.25) is 10.0 Å². The second-order valence-corrected chi connectivity index (χ2v) is 8.64. The SMILES string of the molecule is COc1ccc(NC(=O)CNc2cc(Cl)ccc2Cl)cc1S(=O)(=O)N(C)C. The summed E-state index contributed by atoms with van der Waals surface area (Å²) in [6.07, 6.45) is 0. The molecule has 146 valence electrons. The average molecular weight is 432 g/mol. The molecule has 2 aromatic rings. The Kier molecular flexibility index (Phi) is 6.94. The lowest BCUT2D eigenvalue weighted by Gasteiger charge is -2.16. The van der Waals surface area contributed by atoms with Crippen LogP contribution in [0.1, 0.15) is 0 Å². The number of halogens is 2. The summed E-state index contributed by atoms with van der Waals surface area (Å²) in [6, 6.07) is 9.24. The Morgan fingerprint density at radius 2 is 1.85 bits per heavy atom. The fourth-order valence-electron chi connectivity index (χ4n) is 2.17. The average Bonchev–Trinajstić information content (AvgIpc) is 2.62. The largest absolute Gasteiger partial charge is 0.495 e. The van der Waals surface area contributed by atoms with E-state index in [0.29, 0.717) is 21.4 Å². The van der Waals surface area contributed by atoms with Crippen LogP contribution in [0, 0.1) is 0 Å². The molecule has 2 rings (SSSR count). The number of nitrogens with one attached hydrogen (secondary N) is 2. The zero-order valence-corrected chi connectivity index (χ0v) is 17.2. The van der Waals surface area contributed by atoms with E-state index in [0.717, 1.165) is 4.31 Å². The van der Waals surface area contributed by atoms with Crippen LogP contribution in [-0.4, -0.2) is 46.4 Å². The Hall–Kier alpha value is -2.00. The van der Waals surface area contributed by atoms with E-state index in [1.165, 1.54) is 33.3 Å². The molecule has 27 heavy (non-hydrogen) atoms. The quantitative estimate of drug-likeness (QED) is 0.701. The maximum atomic E-state index is 12.4. The molecule has 0 aliphatic heterocycles. The van der Waals surface area contributed by atoms with Crippen molar-refractivity contribution < 1.29 is 17.9 Å². The van der Waals surface area contributed by atoms with Gasteiger partial charge in [-0.2, -0.15) is 0 Å². The fourth-order valence-corrected chi connectivity index (χ4v) is 3.60. The van der Waals surface area contributed by atoms with Crippen LogP contribution in [0.3, 0.4) is 0 Å². The lowest BCUT2D eigenvalue weighted by atomic mass is 10.3. The molecule has 10 heteroatoms. The first-order chi connectivity index (χ1) is 12.6. The monoisotopic (exact) mass is 431 g/mol. The molecule has 1 amide bonds. The van der Waals surface area contributed by atoms with Crippen molar-refractivity contribution in [1.29, 1.82) is 0 Å². The molecular formula is C17H19Cl2N3O4S. The highest BCUT2D eigenvalue weighted by Crippen LogP contribution is 2.29. The summed E-state index contributed by atoms with van der Waals surface area (Å²) in [5.74, 6) is -0.199. The van der Waals surface area contributed by atoms with Crippen molar-refractivity contribution in [1.82, 2.24) is 4.31 Å². The fraction of sp³-hybridized carbons (Fsp3) is 0.235. The van der Waals surface area contributed by atoms with Gasteiger partial charge in [0.25, 0.3) is 0 Å². The predicted molar refractivity (Wildman–Crippen MR) is 107 cm³/mol. The molecule has 7 nitrogen and oxygen atoms in total. The Morgan fingerprint density at radius 3 is 2.48 bits per heavy atom. The Labute approximate surface area is 168 Å². The molecule has 0 radical (unpaired) electrons. The van der Waals surface area contributed by atoms with Crippen LogP contribution < -0.4 is 15.4 Å². The molecule has 0 heterocycles. The molecule has 0 atom stereocenters. The van der Waals surface area contributed by atoms with Gasteiger partial charge in [-0.25, -0.2) is 12.7 Å². The van der Waals surface area contributed by atoms with Crippen molar-refractivity contribution in [2.75, 3.05) is 38.4 Å². The molecule has 0 aromatic heterocycles. The van der Waals surface area contributed by atoms with E-state index in [1.54, 1.807) is 24.3 Å². The number of methoxy groups -OCH3 is 1. The van der Waals surface area contributed by atoms with Gasteiger partial charge in [-0.3, -0.25) is 4.79 Å². The van der Waals surface area contributed by atoms with E-state index in [2.05, 4.69) is 10.6 Å². The van der Waals surface area contributed by atoms with E-state index in [4.69, 9.17) is 27.9 Å². The minimum atomic E-state index is -3.73. The summed E-state index contributed by atoms with van der Waals surface area (Å²) in [4.78, 5) is 12.1. The predicted octanol–water partition coefficient (Wildman–Crippen LogP) is 3.30. The van der Waals surface area contributed by atoms with Gasteiger partial charge in [0.1, 0.15) is 10.6 Å². The topological polar surface area (TPSA) is 87.7 Å². The van der Waals surface area contributed by atoms with Gasteiger partial charge in [-0.1, -0.05) is 23.2 Å². The van der Waals surface area contributed by atoms with Gasteiger partial charge in [-0.05, 0) is 36.4 Å². The Balaban J connectivity index is 2.15. The number of carbonyl (C=O) groups is 1. The van der Waals surface area contributed by atoms with E-state index in [-0.39, 0.29) is 23.1 Å². The van der Waals surface area contributed by atoms with Crippen molar-refractivity contribution in [3.8, 4) is 5.75 Å². The third-order valence-electron chi connectivity index (χ3n) is 3.57. The molecule has 0 unspecified atom stereocenters. The van der Waals surface area contributed by atoms with Crippen LogP contribution in [0.15, 0.2) is 41.3 Å². The van der Waals surface area contributed by atoms with Gasteiger partial charge in [0, 0.05) is 24.8 Å². The normalized spacial score (nSPS) is 11.3. The molecule has 0 saturated carbocycles. The van der Waals surface area contributed by atoms with Gasteiger partial charge in [0.15, 0.2) is 0 Å². The molecule has 0 aliphatic carbocycles. The van der Waals surface area contributed by atoms with E-state index >= 15 is 0 Å². The summed E-state index contributed by atoms with van der Waals surface area (Å²) in [5, 5.41) is 6.42. The zero-order valence-electron chi connectivity index (χ0n) is 14.9. The molecule has 0 bridgehead atoms. The first kappa shape index (κ1) is 21.3. The maximum absolute atomic E-state index is 12.4. The smallest absolute Gasteiger partial charge is 0.246 e. The summed E-state index contributed by atoms with van der Waals surface area (Å²) in [6.45, 7) is -0.0815. The number of hydrogen-bond donors (Lipinski definition) is 2. The van der Waals surface area contributed by atoms with Crippen LogP contribution in [-0.2, 0) is 14.8 Å². The number of anilines is 2. The maximum Gasteiger partial charge on any atom is 0.246 e. The molecule has 2 aromatic carbocycles. The highest BCUT2D eigenvalue weighted by molar-refractivity contribution is 7.89. The van der Waals surface area contributed by atoms with Gasteiger partial charge in [0.05, 0.1) is 24.4 Å². The van der Waals surface area contributed by atoms with Crippen LogP contribution in [0.5, 0.6) is 5.75 Å². The van der Waals surface area contributed by atoms with Gasteiger partial charge >= 0.3 is 0 Å². The second-order valence-electron chi connectivity index (χ2n) is 5.68. The van der Waals surface area contributed by atoms with Gasteiger partial charge in [0.2, 0.25) is 15.9 Å². The third kappa shape index (κ3) is 5.26. The van der Waals surface area contributed by atoms with Crippen LogP contribution >= 0.6 is 23.2 Å².